The fourth-order valence-corrected chi connectivity index (χ4v) is 4.52. The molecule has 0 aliphatic rings. The van der Waals surface area contributed by atoms with E-state index in [1.807, 2.05) is 11.5 Å². The van der Waals surface area contributed by atoms with E-state index in [1.54, 1.807) is 36.6 Å². The number of rotatable bonds is 7. The summed E-state index contributed by atoms with van der Waals surface area (Å²) in [5.74, 6) is 2.13. The minimum atomic E-state index is -3.52. The molecule has 0 aliphatic carbocycles. The topological polar surface area (TPSA) is 107 Å². The average Bonchev–Trinajstić information content (AvgIpc) is 3.43. The van der Waals surface area contributed by atoms with E-state index in [-0.39, 0.29) is 4.90 Å². The first kappa shape index (κ1) is 19.7. The third-order valence-corrected chi connectivity index (χ3v) is 6.98. The van der Waals surface area contributed by atoms with Gasteiger partial charge in [0.25, 0.3) is 11.1 Å². The predicted octanol–water partition coefficient (Wildman–Crippen LogP) is 3.24. The lowest BCUT2D eigenvalue weighted by atomic mass is 10.3. The Kier molecular flexibility index (Phi) is 5.19. The second-order valence-electron chi connectivity index (χ2n) is 6.35. The van der Waals surface area contributed by atoms with Crippen LogP contribution in [0.4, 0.5) is 0 Å². The Hall–Kier alpha value is -2.63. The Morgan fingerprint density at radius 1 is 1.21 bits per heavy atom. The van der Waals surface area contributed by atoms with Gasteiger partial charge in [-0.2, -0.15) is 0 Å². The standard InChI is InChI=1S/C18H19N5O4S2/c1-4-23-14-8-7-12(29(24,25)22(2)3)10-13(14)19-16(23)11-28-18-21-20-17(27-18)15-6-5-9-26-15/h5-10H,4,11H2,1-3H3. The van der Waals surface area contributed by atoms with Gasteiger partial charge in [0.1, 0.15) is 5.82 Å². The molecule has 0 amide bonds. The molecule has 3 aromatic heterocycles. The second kappa shape index (κ2) is 7.65. The number of furan rings is 1. The molecule has 29 heavy (non-hydrogen) atoms. The van der Waals surface area contributed by atoms with E-state index in [0.717, 1.165) is 11.3 Å². The lowest BCUT2D eigenvalue weighted by Crippen LogP contribution is -2.22. The van der Waals surface area contributed by atoms with Crippen molar-refractivity contribution in [1.82, 2.24) is 24.1 Å². The highest BCUT2D eigenvalue weighted by Gasteiger charge is 2.20. The normalized spacial score (nSPS) is 12.3. The largest absolute Gasteiger partial charge is 0.459 e. The quantitative estimate of drug-likeness (QED) is 0.409. The van der Waals surface area contributed by atoms with Gasteiger partial charge in [-0.25, -0.2) is 17.7 Å². The van der Waals surface area contributed by atoms with Crippen LogP contribution in [0, 0.1) is 0 Å². The van der Waals surface area contributed by atoms with Crippen LogP contribution in [0.2, 0.25) is 0 Å². The van der Waals surface area contributed by atoms with Crippen LogP contribution >= 0.6 is 11.8 Å². The van der Waals surface area contributed by atoms with Crippen LogP contribution in [0.3, 0.4) is 0 Å². The van der Waals surface area contributed by atoms with Crippen LogP contribution in [-0.4, -0.2) is 46.6 Å². The number of benzene rings is 1. The summed E-state index contributed by atoms with van der Waals surface area (Å²) in [5.41, 5.74) is 1.51. The SMILES string of the molecule is CCn1c(CSc2nnc(-c3ccco3)o2)nc2cc(S(=O)(=O)N(C)C)ccc21. The molecule has 0 saturated carbocycles. The van der Waals surface area contributed by atoms with Crippen LogP contribution < -0.4 is 0 Å². The molecule has 9 nitrogen and oxygen atoms in total. The Morgan fingerprint density at radius 3 is 2.72 bits per heavy atom. The van der Waals surface area contributed by atoms with Gasteiger partial charge in [-0.3, -0.25) is 0 Å². The van der Waals surface area contributed by atoms with Crippen molar-refractivity contribution < 1.29 is 17.3 Å². The van der Waals surface area contributed by atoms with Crippen molar-refractivity contribution in [2.45, 2.75) is 29.3 Å². The lowest BCUT2D eigenvalue weighted by molar-refractivity contribution is 0.447. The Bertz CT molecular complexity index is 1240. The third-order valence-electron chi connectivity index (χ3n) is 4.36. The number of nitrogens with zero attached hydrogens (tertiary/aromatic N) is 5. The number of hydrogen-bond acceptors (Lipinski definition) is 8. The molecule has 3 heterocycles. The summed E-state index contributed by atoms with van der Waals surface area (Å²) in [4.78, 5) is 4.86. The molecular formula is C18H19N5O4S2. The first-order valence-electron chi connectivity index (χ1n) is 8.82. The van der Waals surface area contributed by atoms with Crippen molar-refractivity contribution in [3.8, 4) is 11.7 Å². The summed E-state index contributed by atoms with van der Waals surface area (Å²) in [6.07, 6.45) is 1.54. The van der Waals surface area contributed by atoms with E-state index in [1.165, 1.54) is 30.2 Å². The monoisotopic (exact) mass is 433 g/mol. The highest BCUT2D eigenvalue weighted by Crippen LogP contribution is 2.28. The summed E-state index contributed by atoms with van der Waals surface area (Å²) in [6, 6.07) is 8.50. The molecule has 0 aliphatic heterocycles. The van der Waals surface area contributed by atoms with Crippen molar-refractivity contribution in [3.63, 3.8) is 0 Å². The molecule has 0 bridgehead atoms. The fraction of sp³-hybridized carbons (Fsp3) is 0.278. The predicted molar refractivity (Wildman–Crippen MR) is 108 cm³/mol. The van der Waals surface area contributed by atoms with Crippen molar-refractivity contribution in [3.05, 3.63) is 42.4 Å². The van der Waals surface area contributed by atoms with Crippen molar-refractivity contribution in [2.24, 2.45) is 0 Å². The zero-order chi connectivity index (χ0) is 20.6. The number of thioether (sulfide) groups is 1. The Morgan fingerprint density at radius 2 is 2.03 bits per heavy atom. The van der Waals surface area contributed by atoms with Gasteiger partial charge in [-0.15, -0.1) is 10.2 Å². The highest BCUT2D eigenvalue weighted by molar-refractivity contribution is 7.98. The van der Waals surface area contributed by atoms with E-state index >= 15 is 0 Å². The van der Waals surface area contributed by atoms with Crippen LogP contribution in [0.5, 0.6) is 0 Å². The van der Waals surface area contributed by atoms with Crippen LogP contribution in [-0.2, 0) is 22.3 Å². The zero-order valence-electron chi connectivity index (χ0n) is 16.1. The summed E-state index contributed by atoms with van der Waals surface area (Å²) < 4.78 is 38.9. The maximum Gasteiger partial charge on any atom is 0.284 e. The van der Waals surface area contributed by atoms with E-state index in [9.17, 15) is 8.42 Å². The lowest BCUT2D eigenvalue weighted by Gasteiger charge is -2.11. The summed E-state index contributed by atoms with van der Waals surface area (Å²) in [5, 5.41) is 8.41. The molecule has 4 aromatic rings. The van der Waals surface area contributed by atoms with Crippen molar-refractivity contribution in [1.29, 1.82) is 0 Å². The maximum absolute atomic E-state index is 12.4. The molecule has 11 heteroatoms. The molecule has 1 aromatic carbocycles. The second-order valence-corrected chi connectivity index (χ2v) is 9.43. The van der Waals surface area contributed by atoms with Gasteiger partial charge in [-0.1, -0.05) is 11.8 Å². The fourth-order valence-electron chi connectivity index (χ4n) is 2.89. The molecule has 0 atom stereocenters. The molecule has 152 valence electrons. The zero-order valence-corrected chi connectivity index (χ0v) is 17.7. The summed E-state index contributed by atoms with van der Waals surface area (Å²) in [7, 11) is -0.501. The molecule has 0 radical (unpaired) electrons. The number of aromatic nitrogens is 4. The van der Waals surface area contributed by atoms with Gasteiger partial charge in [0.2, 0.25) is 10.0 Å². The number of fused-ring (bicyclic) bond motifs is 1. The van der Waals surface area contributed by atoms with Crippen molar-refractivity contribution in [2.75, 3.05) is 14.1 Å². The van der Waals surface area contributed by atoms with Crippen molar-refractivity contribution >= 4 is 32.8 Å². The summed E-state index contributed by atoms with van der Waals surface area (Å²) >= 11 is 1.36. The van der Waals surface area contributed by atoms with Gasteiger partial charge >= 0.3 is 0 Å². The van der Waals surface area contributed by atoms with Gasteiger partial charge < -0.3 is 13.4 Å². The molecule has 0 spiro atoms. The van der Waals surface area contributed by atoms with Crippen LogP contribution in [0.25, 0.3) is 22.7 Å². The molecular weight excluding hydrogens is 414 g/mol. The first-order chi connectivity index (χ1) is 13.9. The number of sulfonamides is 1. The van der Waals surface area contributed by atoms with E-state index < -0.39 is 10.0 Å². The molecule has 0 unspecified atom stereocenters. The molecule has 0 fully saturated rings. The Labute approximate surface area is 171 Å². The number of hydrogen-bond donors (Lipinski definition) is 0. The molecule has 4 rings (SSSR count). The highest BCUT2D eigenvalue weighted by atomic mass is 32.2. The van der Waals surface area contributed by atoms with Gasteiger partial charge in [0, 0.05) is 20.6 Å². The van der Waals surface area contributed by atoms with Crippen LogP contribution in [0.15, 0.2) is 55.5 Å². The van der Waals surface area contributed by atoms with E-state index in [2.05, 4.69) is 15.2 Å². The maximum atomic E-state index is 12.4. The summed E-state index contributed by atoms with van der Waals surface area (Å²) in [6.45, 7) is 2.72. The smallest absolute Gasteiger partial charge is 0.284 e. The van der Waals surface area contributed by atoms with E-state index in [4.69, 9.17) is 8.83 Å². The average molecular weight is 434 g/mol. The third kappa shape index (κ3) is 3.68. The van der Waals surface area contributed by atoms with Gasteiger partial charge in [-0.05, 0) is 37.3 Å². The Balaban J connectivity index is 1.60. The van der Waals surface area contributed by atoms with Gasteiger partial charge in [0.05, 0.1) is 27.9 Å². The first-order valence-corrected chi connectivity index (χ1v) is 11.2. The van der Waals surface area contributed by atoms with Gasteiger partial charge in [0.15, 0.2) is 5.76 Å². The minimum Gasteiger partial charge on any atom is -0.459 e. The molecule has 0 N–H and O–H groups in total. The number of imidazole rings is 1. The molecule has 0 saturated heterocycles. The van der Waals surface area contributed by atoms with Crippen LogP contribution in [0.1, 0.15) is 12.7 Å². The minimum absolute atomic E-state index is 0.218. The number of aryl methyl sites for hydroxylation is 1. The van der Waals surface area contributed by atoms with E-state index in [0.29, 0.717) is 34.7 Å².